The van der Waals surface area contributed by atoms with Crippen LogP contribution in [0.15, 0.2) is 42.7 Å². The molecule has 0 bridgehead atoms. The Morgan fingerprint density at radius 1 is 1.16 bits per heavy atom. The maximum absolute atomic E-state index is 13.4. The van der Waals surface area contributed by atoms with Crippen LogP contribution in [0, 0.1) is 11.3 Å². The smallest absolute Gasteiger partial charge is 0.229 e. The topological polar surface area (TPSA) is 61.7 Å². The highest BCUT2D eigenvalue weighted by molar-refractivity contribution is 5.84. The van der Waals surface area contributed by atoms with Crippen LogP contribution in [0.5, 0.6) is 0 Å². The van der Waals surface area contributed by atoms with Crippen molar-refractivity contribution in [3.63, 3.8) is 0 Å². The fourth-order valence-electron chi connectivity index (χ4n) is 5.37. The molecular formula is C24H33N5O2. The minimum absolute atomic E-state index is 0.140. The molecule has 3 heterocycles. The Morgan fingerprint density at radius 3 is 2.61 bits per heavy atom. The fraction of sp³-hybridized carbons (Fsp3) is 0.542. The summed E-state index contributed by atoms with van der Waals surface area (Å²) in [5.41, 5.74) is 1.77. The van der Waals surface area contributed by atoms with Crippen LogP contribution < -0.4 is 0 Å². The van der Waals surface area contributed by atoms with Crippen LogP contribution in [0.3, 0.4) is 0 Å². The Hall–Kier alpha value is -2.67. The monoisotopic (exact) mass is 423 g/mol. The minimum atomic E-state index is -0.423. The molecule has 7 nitrogen and oxygen atoms in total. The van der Waals surface area contributed by atoms with Gasteiger partial charge in [-0.15, -0.1) is 0 Å². The van der Waals surface area contributed by atoms with Crippen LogP contribution in [-0.4, -0.2) is 76.6 Å². The van der Waals surface area contributed by atoms with Crippen LogP contribution in [0.25, 0.3) is 0 Å². The van der Waals surface area contributed by atoms with Gasteiger partial charge in [-0.05, 0) is 18.4 Å². The number of nitrogens with zero attached hydrogens (tertiary/aromatic N) is 5. The highest BCUT2D eigenvalue weighted by Crippen LogP contribution is 2.44. The van der Waals surface area contributed by atoms with Crippen molar-refractivity contribution >= 4 is 11.8 Å². The van der Waals surface area contributed by atoms with Crippen molar-refractivity contribution in [3.8, 4) is 0 Å². The zero-order valence-electron chi connectivity index (χ0n) is 18.8. The van der Waals surface area contributed by atoms with E-state index in [9.17, 15) is 9.59 Å². The normalized spacial score (nSPS) is 24.0. The fourth-order valence-corrected chi connectivity index (χ4v) is 5.37. The average molecular weight is 424 g/mol. The second kappa shape index (κ2) is 8.83. The Balaban J connectivity index is 1.53. The SMILES string of the molecule is CN(C)C(=O)[C@]12CCCN(C(=O)Cc3ccccc3)C[C@H]1CN(Cc1cnn(C)c1)C2. The van der Waals surface area contributed by atoms with Gasteiger partial charge < -0.3 is 9.80 Å². The average Bonchev–Trinajstić information content (AvgIpc) is 3.25. The van der Waals surface area contributed by atoms with E-state index in [4.69, 9.17) is 0 Å². The number of carbonyl (C=O) groups excluding carboxylic acids is 2. The standard InChI is InChI=1S/C24H33N5O2/c1-26(2)23(31)24-10-7-11-29(22(30)12-19-8-5-4-6-9-19)17-21(24)16-28(18-24)15-20-13-25-27(3)14-20/h4-6,8-9,13-14,21H,7,10-12,15-18H2,1-3H3/t21-,24+/m1/s1. The number of aromatic nitrogens is 2. The van der Waals surface area contributed by atoms with Crippen molar-refractivity contribution in [2.45, 2.75) is 25.8 Å². The molecule has 0 saturated carbocycles. The van der Waals surface area contributed by atoms with E-state index in [1.54, 1.807) is 4.90 Å². The molecule has 7 heteroatoms. The number of aryl methyl sites for hydroxylation is 1. The summed E-state index contributed by atoms with van der Waals surface area (Å²) in [6, 6.07) is 9.91. The second-order valence-corrected chi connectivity index (χ2v) is 9.35. The predicted octanol–water partition coefficient (Wildman–Crippen LogP) is 1.79. The van der Waals surface area contributed by atoms with Gasteiger partial charge in [0.25, 0.3) is 0 Å². The molecule has 2 amide bonds. The third-order valence-electron chi connectivity index (χ3n) is 6.81. The maximum atomic E-state index is 13.4. The number of carbonyl (C=O) groups is 2. The van der Waals surface area contributed by atoms with E-state index >= 15 is 0 Å². The van der Waals surface area contributed by atoms with Gasteiger partial charge in [0, 0.05) is 71.5 Å². The molecule has 2 atom stereocenters. The molecule has 0 spiro atoms. The minimum Gasteiger partial charge on any atom is -0.348 e. The molecule has 2 aliphatic heterocycles. The summed E-state index contributed by atoms with van der Waals surface area (Å²) in [5.74, 6) is 0.495. The van der Waals surface area contributed by atoms with Gasteiger partial charge in [0.15, 0.2) is 0 Å². The molecule has 2 fully saturated rings. The zero-order chi connectivity index (χ0) is 22.0. The lowest BCUT2D eigenvalue weighted by Gasteiger charge is -2.35. The lowest BCUT2D eigenvalue weighted by molar-refractivity contribution is -0.142. The molecule has 166 valence electrons. The van der Waals surface area contributed by atoms with Crippen molar-refractivity contribution in [1.29, 1.82) is 0 Å². The summed E-state index contributed by atoms with van der Waals surface area (Å²) >= 11 is 0. The molecule has 4 rings (SSSR count). The summed E-state index contributed by atoms with van der Waals surface area (Å²) in [5, 5.41) is 4.28. The van der Waals surface area contributed by atoms with Crippen LogP contribution >= 0.6 is 0 Å². The number of rotatable bonds is 5. The van der Waals surface area contributed by atoms with Gasteiger partial charge in [-0.3, -0.25) is 19.2 Å². The molecule has 0 radical (unpaired) electrons. The molecule has 2 saturated heterocycles. The van der Waals surface area contributed by atoms with Gasteiger partial charge >= 0.3 is 0 Å². The molecule has 1 aromatic heterocycles. The van der Waals surface area contributed by atoms with E-state index in [-0.39, 0.29) is 17.7 Å². The van der Waals surface area contributed by atoms with Crippen molar-refractivity contribution < 1.29 is 9.59 Å². The molecule has 2 aromatic rings. The second-order valence-electron chi connectivity index (χ2n) is 9.35. The molecule has 2 aliphatic rings. The Labute approximate surface area is 184 Å². The molecular weight excluding hydrogens is 390 g/mol. The first-order valence-electron chi connectivity index (χ1n) is 11.1. The molecule has 1 aromatic carbocycles. The first-order chi connectivity index (χ1) is 14.9. The highest BCUT2D eigenvalue weighted by Gasteiger charge is 2.53. The summed E-state index contributed by atoms with van der Waals surface area (Å²) < 4.78 is 1.81. The number of amides is 2. The van der Waals surface area contributed by atoms with E-state index in [0.717, 1.165) is 50.1 Å². The zero-order valence-corrected chi connectivity index (χ0v) is 18.8. The summed E-state index contributed by atoms with van der Waals surface area (Å²) in [6.07, 6.45) is 6.03. The van der Waals surface area contributed by atoms with Crippen molar-refractivity contribution in [2.24, 2.45) is 18.4 Å². The first kappa shape index (κ1) is 21.6. The van der Waals surface area contributed by atoms with Crippen molar-refractivity contribution in [2.75, 3.05) is 40.3 Å². The van der Waals surface area contributed by atoms with E-state index < -0.39 is 5.41 Å². The van der Waals surface area contributed by atoms with Crippen molar-refractivity contribution in [3.05, 3.63) is 53.9 Å². The Morgan fingerprint density at radius 2 is 1.94 bits per heavy atom. The van der Waals surface area contributed by atoms with Crippen LogP contribution in [0.2, 0.25) is 0 Å². The van der Waals surface area contributed by atoms with Gasteiger partial charge in [-0.25, -0.2) is 0 Å². The van der Waals surface area contributed by atoms with E-state index in [1.807, 2.05) is 73.5 Å². The number of likely N-dealkylation sites (tertiary alicyclic amines) is 2. The molecule has 0 unspecified atom stereocenters. The van der Waals surface area contributed by atoms with Crippen LogP contribution in [0.4, 0.5) is 0 Å². The highest BCUT2D eigenvalue weighted by atomic mass is 16.2. The van der Waals surface area contributed by atoms with E-state index in [2.05, 4.69) is 10.00 Å². The third kappa shape index (κ3) is 4.51. The predicted molar refractivity (Wildman–Crippen MR) is 119 cm³/mol. The maximum Gasteiger partial charge on any atom is 0.229 e. The molecule has 31 heavy (non-hydrogen) atoms. The molecule has 0 N–H and O–H groups in total. The Bertz CT molecular complexity index is 925. The Kier molecular flexibility index (Phi) is 6.14. The van der Waals surface area contributed by atoms with Gasteiger partial charge in [-0.1, -0.05) is 30.3 Å². The number of fused-ring (bicyclic) bond motifs is 1. The summed E-state index contributed by atoms with van der Waals surface area (Å²) in [4.78, 5) is 32.6. The summed E-state index contributed by atoms with van der Waals surface area (Å²) in [6.45, 7) is 3.72. The lowest BCUT2D eigenvalue weighted by atomic mass is 9.74. The quantitative estimate of drug-likeness (QED) is 0.736. The van der Waals surface area contributed by atoms with Crippen LogP contribution in [-0.2, 0) is 29.6 Å². The van der Waals surface area contributed by atoms with E-state index in [1.165, 1.54) is 0 Å². The van der Waals surface area contributed by atoms with Crippen molar-refractivity contribution in [1.82, 2.24) is 24.5 Å². The number of hydrogen-bond acceptors (Lipinski definition) is 4. The van der Waals surface area contributed by atoms with Crippen LogP contribution in [0.1, 0.15) is 24.0 Å². The largest absolute Gasteiger partial charge is 0.348 e. The number of hydrogen-bond donors (Lipinski definition) is 0. The molecule has 0 aliphatic carbocycles. The third-order valence-corrected chi connectivity index (χ3v) is 6.81. The van der Waals surface area contributed by atoms with Gasteiger partial charge in [0.05, 0.1) is 18.0 Å². The van der Waals surface area contributed by atoms with Gasteiger partial charge in [0.1, 0.15) is 0 Å². The lowest BCUT2D eigenvalue weighted by Crippen LogP contribution is -2.47. The van der Waals surface area contributed by atoms with E-state index in [0.29, 0.717) is 13.0 Å². The van der Waals surface area contributed by atoms with Gasteiger partial charge in [0.2, 0.25) is 11.8 Å². The summed E-state index contributed by atoms with van der Waals surface area (Å²) in [7, 11) is 5.62. The first-order valence-corrected chi connectivity index (χ1v) is 11.1. The van der Waals surface area contributed by atoms with Gasteiger partial charge in [-0.2, -0.15) is 5.10 Å². The number of benzene rings is 1.